The number of benzene rings is 1. The van der Waals surface area contributed by atoms with Gasteiger partial charge in [-0.3, -0.25) is 0 Å². The first-order chi connectivity index (χ1) is 8.08. The first-order valence-electron chi connectivity index (χ1n) is 4.91. The Bertz CT molecular complexity index is 563. The van der Waals surface area contributed by atoms with Gasteiger partial charge in [0.05, 0.1) is 0 Å². The normalized spacial score (nSPS) is 10.2. The molecule has 2 aromatic rings. The van der Waals surface area contributed by atoms with Crippen molar-refractivity contribution in [1.29, 1.82) is 0 Å². The Kier molecular flexibility index (Phi) is 3.01. The van der Waals surface area contributed by atoms with E-state index in [4.69, 9.17) is 15.6 Å². The van der Waals surface area contributed by atoms with Crippen LogP contribution in [0.25, 0.3) is 0 Å². The van der Waals surface area contributed by atoms with Crippen LogP contribution in [0.15, 0.2) is 29.0 Å². The van der Waals surface area contributed by atoms with Crippen LogP contribution in [0.4, 0.5) is 5.69 Å². The first kappa shape index (κ1) is 11.5. The second kappa shape index (κ2) is 4.47. The molecule has 0 aliphatic carbocycles. The molecule has 0 aliphatic rings. The highest BCUT2D eigenvalue weighted by molar-refractivity contribution is 7.08. The fraction of sp³-hybridized carbons (Fsp3) is 0.0833. The number of hydrogen-bond donors (Lipinski definition) is 2. The average molecular weight is 249 g/mol. The third-order valence-corrected chi connectivity index (χ3v) is 3.06. The maximum absolute atomic E-state index is 10.9. The predicted octanol–water partition coefficient (Wildman–Crippen LogP) is 3.13. The van der Waals surface area contributed by atoms with Gasteiger partial charge in [0, 0.05) is 22.5 Å². The standard InChI is InChI=1S/C12H11NO3S/c1-7-2-3-8(4-10(7)13)16-11-6-17-5-9(11)12(14)15/h2-6H,13H2,1H3,(H,14,15). The molecule has 0 aliphatic heterocycles. The number of aryl methyl sites for hydroxylation is 1. The molecule has 1 aromatic heterocycles. The van der Waals surface area contributed by atoms with Crippen LogP contribution >= 0.6 is 11.3 Å². The lowest BCUT2D eigenvalue weighted by Gasteiger charge is -2.07. The van der Waals surface area contributed by atoms with E-state index in [-0.39, 0.29) is 5.56 Å². The summed E-state index contributed by atoms with van der Waals surface area (Å²) in [4.78, 5) is 10.9. The molecule has 5 heteroatoms. The average Bonchev–Trinajstić information content (AvgIpc) is 2.72. The number of nitrogen functional groups attached to an aromatic ring is 1. The summed E-state index contributed by atoms with van der Waals surface area (Å²) in [5.41, 5.74) is 7.49. The van der Waals surface area contributed by atoms with E-state index in [0.717, 1.165) is 5.56 Å². The molecule has 0 amide bonds. The molecule has 0 saturated heterocycles. The fourth-order valence-electron chi connectivity index (χ4n) is 1.33. The number of carboxylic acid groups (broad SMARTS) is 1. The van der Waals surface area contributed by atoms with Gasteiger partial charge < -0.3 is 15.6 Å². The predicted molar refractivity (Wildman–Crippen MR) is 66.9 cm³/mol. The fourth-order valence-corrected chi connectivity index (χ4v) is 2.05. The van der Waals surface area contributed by atoms with Crippen LogP contribution in [0.3, 0.4) is 0 Å². The number of hydrogen-bond acceptors (Lipinski definition) is 4. The maximum Gasteiger partial charge on any atom is 0.340 e. The Hall–Kier alpha value is -2.01. The van der Waals surface area contributed by atoms with Crippen molar-refractivity contribution in [2.45, 2.75) is 6.92 Å². The van der Waals surface area contributed by atoms with Gasteiger partial charge in [-0.05, 0) is 18.6 Å². The van der Waals surface area contributed by atoms with Crippen molar-refractivity contribution in [3.63, 3.8) is 0 Å². The summed E-state index contributed by atoms with van der Waals surface area (Å²) in [5, 5.41) is 12.1. The van der Waals surface area contributed by atoms with E-state index in [1.54, 1.807) is 17.5 Å². The summed E-state index contributed by atoms with van der Waals surface area (Å²) in [6.45, 7) is 1.90. The van der Waals surface area contributed by atoms with Crippen LogP contribution in [0.2, 0.25) is 0 Å². The SMILES string of the molecule is Cc1ccc(Oc2cscc2C(=O)O)cc1N. The number of carboxylic acids is 1. The molecule has 17 heavy (non-hydrogen) atoms. The molecule has 1 aromatic carbocycles. The molecule has 2 rings (SSSR count). The highest BCUT2D eigenvalue weighted by atomic mass is 32.1. The van der Waals surface area contributed by atoms with Gasteiger partial charge in [-0.2, -0.15) is 0 Å². The summed E-state index contributed by atoms with van der Waals surface area (Å²) >= 11 is 1.28. The van der Waals surface area contributed by atoms with Crippen molar-refractivity contribution in [3.8, 4) is 11.5 Å². The first-order valence-corrected chi connectivity index (χ1v) is 5.85. The third kappa shape index (κ3) is 2.39. The van der Waals surface area contributed by atoms with Crippen LogP contribution in [-0.4, -0.2) is 11.1 Å². The minimum Gasteiger partial charge on any atom is -0.478 e. The van der Waals surface area contributed by atoms with Gasteiger partial charge >= 0.3 is 5.97 Å². The smallest absolute Gasteiger partial charge is 0.340 e. The molecule has 0 bridgehead atoms. The van der Waals surface area contributed by atoms with E-state index in [0.29, 0.717) is 17.2 Å². The van der Waals surface area contributed by atoms with Gasteiger partial charge in [-0.15, -0.1) is 11.3 Å². The topological polar surface area (TPSA) is 72.5 Å². The zero-order valence-electron chi connectivity index (χ0n) is 9.14. The summed E-state index contributed by atoms with van der Waals surface area (Å²) < 4.78 is 5.50. The Morgan fingerprint density at radius 2 is 2.18 bits per heavy atom. The second-order valence-corrected chi connectivity index (χ2v) is 4.32. The van der Waals surface area contributed by atoms with Crippen molar-refractivity contribution in [2.75, 3.05) is 5.73 Å². The number of ether oxygens (including phenoxy) is 1. The van der Waals surface area contributed by atoms with Gasteiger partial charge in [0.2, 0.25) is 0 Å². The molecule has 0 unspecified atom stereocenters. The van der Waals surface area contributed by atoms with Crippen LogP contribution < -0.4 is 10.5 Å². The summed E-state index contributed by atoms with van der Waals surface area (Å²) in [5.74, 6) is -0.124. The van der Waals surface area contributed by atoms with Gasteiger partial charge in [0.1, 0.15) is 11.3 Å². The van der Waals surface area contributed by atoms with Gasteiger partial charge in [-0.1, -0.05) is 6.07 Å². The Morgan fingerprint density at radius 3 is 2.82 bits per heavy atom. The molecule has 0 fully saturated rings. The third-order valence-electron chi connectivity index (χ3n) is 2.34. The van der Waals surface area contributed by atoms with Gasteiger partial charge in [0.25, 0.3) is 0 Å². The van der Waals surface area contributed by atoms with E-state index in [1.165, 1.54) is 16.7 Å². The number of anilines is 1. The summed E-state index contributed by atoms with van der Waals surface area (Å²) in [6.07, 6.45) is 0. The molecule has 0 radical (unpaired) electrons. The molecule has 3 N–H and O–H groups in total. The van der Waals surface area contributed by atoms with E-state index >= 15 is 0 Å². The molecule has 4 nitrogen and oxygen atoms in total. The minimum absolute atomic E-state index is 0.161. The largest absolute Gasteiger partial charge is 0.478 e. The lowest BCUT2D eigenvalue weighted by Crippen LogP contribution is -1.97. The molecular formula is C12H11NO3S. The number of thiophene rings is 1. The molecule has 0 saturated carbocycles. The van der Waals surface area contributed by atoms with Crippen molar-refractivity contribution >= 4 is 23.0 Å². The van der Waals surface area contributed by atoms with Crippen LogP contribution in [0, 0.1) is 6.92 Å². The summed E-state index contributed by atoms with van der Waals surface area (Å²) in [7, 11) is 0. The Labute approximate surface area is 102 Å². The number of aromatic carboxylic acids is 1. The monoisotopic (exact) mass is 249 g/mol. The van der Waals surface area contributed by atoms with Gasteiger partial charge in [0.15, 0.2) is 5.75 Å². The Balaban J connectivity index is 2.28. The van der Waals surface area contributed by atoms with E-state index in [2.05, 4.69) is 0 Å². The lowest BCUT2D eigenvalue weighted by molar-refractivity contribution is 0.0695. The van der Waals surface area contributed by atoms with E-state index in [1.807, 2.05) is 13.0 Å². The second-order valence-electron chi connectivity index (χ2n) is 3.58. The van der Waals surface area contributed by atoms with Crippen molar-refractivity contribution in [1.82, 2.24) is 0 Å². The van der Waals surface area contributed by atoms with Crippen molar-refractivity contribution < 1.29 is 14.6 Å². The maximum atomic E-state index is 10.9. The van der Waals surface area contributed by atoms with Crippen molar-refractivity contribution in [3.05, 3.63) is 40.1 Å². The van der Waals surface area contributed by atoms with Crippen molar-refractivity contribution in [2.24, 2.45) is 0 Å². The number of rotatable bonds is 3. The molecule has 0 spiro atoms. The zero-order chi connectivity index (χ0) is 12.4. The highest BCUT2D eigenvalue weighted by Gasteiger charge is 2.13. The van der Waals surface area contributed by atoms with Crippen LogP contribution in [0.5, 0.6) is 11.5 Å². The number of carbonyl (C=O) groups is 1. The quantitative estimate of drug-likeness (QED) is 0.820. The zero-order valence-corrected chi connectivity index (χ0v) is 9.95. The number of nitrogens with two attached hydrogens (primary N) is 1. The Morgan fingerprint density at radius 1 is 1.41 bits per heavy atom. The molecule has 88 valence electrons. The highest BCUT2D eigenvalue weighted by Crippen LogP contribution is 2.30. The van der Waals surface area contributed by atoms with E-state index < -0.39 is 5.97 Å². The summed E-state index contributed by atoms with van der Waals surface area (Å²) in [6, 6.07) is 5.27. The molecular weight excluding hydrogens is 238 g/mol. The van der Waals surface area contributed by atoms with E-state index in [9.17, 15) is 4.79 Å². The lowest BCUT2D eigenvalue weighted by atomic mass is 10.2. The molecule has 1 heterocycles. The van der Waals surface area contributed by atoms with Crippen LogP contribution in [0.1, 0.15) is 15.9 Å². The minimum atomic E-state index is -0.999. The van der Waals surface area contributed by atoms with Crippen LogP contribution in [-0.2, 0) is 0 Å². The molecule has 0 atom stereocenters. The van der Waals surface area contributed by atoms with Gasteiger partial charge in [-0.25, -0.2) is 4.79 Å².